The van der Waals surface area contributed by atoms with E-state index in [0.717, 1.165) is 18.2 Å². The first-order chi connectivity index (χ1) is 7.70. The molecule has 0 saturated carbocycles. The molecule has 0 fully saturated rings. The van der Waals surface area contributed by atoms with E-state index in [1.807, 2.05) is 20.8 Å². The van der Waals surface area contributed by atoms with Gasteiger partial charge in [-0.25, -0.2) is 8.78 Å². The van der Waals surface area contributed by atoms with Crippen LogP contribution < -0.4 is 5.73 Å². The standard InChI is InChI=1S/C13H19F2NO/c1-13(2,3)12(16)7-11(17)8-4-9(14)6-10(15)5-8/h4-6,11-12,17H,7,16H2,1-3H3/t11-,12-/m1/s1. The van der Waals surface area contributed by atoms with Crippen molar-refractivity contribution in [1.29, 1.82) is 0 Å². The van der Waals surface area contributed by atoms with Crippen molar-refractivity contribution in [1.82, 2.24) is 0 Å². The number of rotatable bonds is 3. The normalized spacial score (nSPS) is 15.7. The highest BCUT2D eigenvalue weighted by Crippen LogP contribution is 2.27. The topological polar surface area (TPSA) is 46.2 Å². The molecule has 1 rings (SSSR count). The van der Waals surface area contributed by atoms with Gasteiger partial charge in [-0.15, -0.1) is 0 Å². The third-order valence-corrected chi connectivity index (χ3v) is 2.86. The molecule has 0 aliphatic rings. The summed E-state index contributed by atoms with van der Waals surface area (Å²) in [6.45, 7) is 5.86. The second kappa shape index (κ2) is 5.10. The maximum atomic E-state index is 13.0. The highest BCUT2D eigenvalue weighted by atomic mass is 19.1. The number of benzene rings is 1. The van der Waals surface area contributed by atoms with Gasteiger partial charge in [-0.1, -0.05) is 20.8 Å². The Morgan fingerprint density at radius 2 is 1.65 bits per heavy atom. The fourth-order valence-corrected chi connectivity index (χ4v) is 1.50. The Morgan fingerprint density at radius 3 is 2.06 bits per heavy atom. The summed E-state index contributed by atoms with van der Waals surface area (Å²) in [4.78, 5) is 0. The van der Waals surface area contributed by atoms with Gasteiger partial charge in [-0.2, -0.15) is 0 Å². The van der Waals surface area contributed by atoms with Gasteiger partial charge in [0.15, 0.2) is 0 Å². The van der Waals surface area contributed by atoms with E-state index in [-0.39, 0.29) is 23.4 Å². The van der Waals surface area contributed by atoms with Gasteiger partial charge in [0.1, 0.15) is 11.6 Å². The van der Waals surface area contributed by atoms with Crippen LogP contribution in [-0.4, -0.2) is 11.1 Å². The molecule has 0 radical (unpaired) electrons. The van der Waals surface area contributed by atoms with E-state index in [0.29, 0.717) is 0 Å². The average Bonchev–Trinajstić information content (AvgIpc) is 2.14. The zero-order valence-electron chi connectivity index (χ0n) is 10.4. The summed E-state index contributed by atoms with van der Waals surface area (Å²) in [6.07, 6.45) is -0.679. The molecule has 0 aliphatic carbocycles. The summed E-state index contributed by atoms with van der Waals surface area (Å²) in [7, 11) is 0. The van der Waals surface area contributed by atoms with Crippen molar-refractivity contribution in [3.8, 4) is 0 Å². The van der Waals surface area contributed by atoms with Crippen molar-refractivity contribution in [2.45, 2.75) is 39.3 Å². The monoisotopic (exact) mass is 243 g/mol. The van der Waals surface area contributed by atoms with E-state index in [1.54, 1.807) is 0 Å². The molecule has 0 aliphatic heterocycles. The molecule has 2 nitrogen and oxygen atoms in total. The van der Waals surface area contributed by atoms with Crippen LogP contribution in [0.1, 0.15) is 38.9 Å². The number of hydrogen-bond acceptors (Lipinski definition) is 2. The Labute approximate surface area is 100 Å². The summed E-state index contributed by atoms with van der Waals surface area (Å²) in [6, 6.07) is 2.79. The van der Waals surface area contributed by atoms with Crippen LogP contribution in [0.4, 0.5) is 8.78 Å². The molecule has 0 saturated heterocycles. The second-order valence-corrected chi connectivity index (χ2v) is 5.43. The van der Waals surface area contributed by atoms with E-state index in [9.17, 15) is 13.9 Å². The summed E-state index contributed by atoms with van der Waals surface area (Å²) in [5.74, 6) is -1.38. The Morgan fingerprint density at radius 1 is 1.18 bits per heavy atom. The molecular weight excluding hydrogens is 224 g/mol. The minimum Gasteiger partial charge on any atom is -0.388 e. The molecule has 17 heavy (non-hydrogen) atoms. The average molecular weight is 243 g/mol. The van der Waals surface area contributed by atoms with Crippen LogP contribution in [0.5, 0.6) is 0 Å². The minimum atomic E-state index is -0.950. The molecular formula is C13H19F2NO. The lowest BCUT2D eigenvalue weighted by molar-refractivity contribution is 0.133. The van der Waals surface area contributed by atoms with E-state index in [4.69, 9.17) is 5.73 Å². The van der Waals surface area contributed by atoms with E-state index < -0.39 is 17.7 Å². The molecule has 1 aromatic carbocycles. The smallest absolute Gasteiger partial charge is 0.126 e. The largest absolute Gasteiger partial charge is 0.388 e. The lowest BCUT2D eigenvalue weighted by Crippen LogP contribution is -2.36. The summed E-state index contributed by atoms with van der Waals surface area (Å²) in [5.41, 5.74) is 5.98. The Kier molecular flexibility index (Phi) is 4.22. The first kappa shape index (κ1) is 14.1. The van der Waals surface area contributed by atoms with Gasteiger partial charge in [0.25, 0.3) is 0 Å². The van der Waals surface area contributed by atoms with Crippen LogP contribution in [0.2, 0.25) is 0 Å². The van der Waals surface area contributed by atoms with Gasteiger partial charge in [0.05, 0.1) is 6.10 Å². The van der Waals surface area contributed by atoms with Crippen LogP contribution in [-0.2, 0) is 0 Å². The fraction of sp³-hybridized carbons (Fsp3) is 0.538. The molecule has 4 heteroatoms. The van der Waals surface area contributed by atoms with Crippen LogP contribution >= 0.6 is 0 Å². The van der Waals surface area contributed by atoms with Crippen LogP contribution in [0.25, 0.3) is 0 Å². The highest BCUT2D eigenvalue weighted by molar-refractivity contribution is 5.20. The Hall–Kier alpha value is -1.00. The predicted octanol–water partition coefficient (Wildman–Crippen LogP) is 2.76. The number of aliphatic hydroxyl groups excluding tert-OH is 1. The van der Waals surface area contributed by atoms with Gasteiger partial charge < -0.3 is 10.8 Å². The maximum Gasteiger partial charge on any atom is 0.126 e. The van der Waals surface area contributed by atoms with E-state index >= 15 is 0 Å². The van der Waals surface area contributed by atoms with Crippen LogP contribution in [0.3, 0.4) is 0 Å². The predicted molar refractivity (Wildman–Crippen MR) is 63.4 cm³/mol. The summed E-state index contributed by atoms with van der Waals surface area (Å²) < 4.78 is 26.0. The van der Waals surface area contributed by atoms with Gasteiger partial charge in [0.2, 0.25) is 0 Å². The van der Waals surface area contributed by atoms with Gasteiger partial charge >= 0.3 is 0 Å². The molecule has 0 unspecified atom stereocenters. The molecule has 0 heterocycles. The van der Waals surface area contributed by atoms with Crippen molar-refractivity contribution in [2.24, 2.45) is 11.1 Å². The molecule has 0 amide bonds. The molecule has 1 aromatic rings. The van der Waals surface area contributed by atoms with Crippen molar-refractivity contribution in [3.63, 3.8) is 0 Å². The minimum absolute atomic E-state index is 0.160. The maximum absolute atomic E-state index is 13.0. The molecule has 0 aromatic heterocycles. The van der Waals surface area contributed by atoms with Crippen molar-refractivity contribution in [2.75, 3.05) is 0 Å². The molecule has 2 atom stereocenters. The van der Waals surface area contributed by atoms with E-state index in [1.165, 1.54) is 0 Å². The van der Waals surface area contributed by atoms with Crippen molar-refractivity contribution < 1.29 is 13.9 Å². The number of nitrogens with two attached hydrogens (primary N) is 1. The third kappa shape index (κ3) is 4.06. The molecule has 0 spiro atoms. The third-order valence-electron chi connectivity index (χ3n) is 2.86. The second-order valence-electron chi connectivity index (χ2n) is 5.43. The summed E-state index contributed by atoms with van der Waals surface area (Å²) in [5, 5.41) is 9.89. The first-order valence-corrected chi connectivity index (χ1v) is 5.60. The first-order valence-electron chi connectivity index (χ1n) is 5.60. The fourth-order valence-electron chi connectivity index (χ4n) is 1.50. The van der Waals surface area contributed by atoms with E-state index in [2.05, 4.69) is 0 Å². The Bertz CT molecular complexity index is 367. The van der Waals surface area contributed by atoms with Gasteiger partial charge in [-0.3, -0.25) is 0 Å². The molecule has 0 bridgehead atoms. The van der Waals surface area contributed by atoms with Gasteiger partial charge in [-0.05, 0) is 29.5 Å². The number of hydrogen-bond donors (Lipinski definition) is 2. The lowest BCUT2D eigenvalue weighted by Gasteiger charge is -2.29. The van der Waals surface area contributed by atoms with Crippen LogP contribution in [0.15, 0.2) is 18.2 Å². The quantitative estimate of drug-likeness (QED) is 0.857. The van der Waals surface area contributed by atoms with Crippen molar-refractivity contribution in [3.05, 3.63) is 35.4 Å². The zero-order chi connectivity index (χ0) is 13.2. The van der Waals surface area contributed by atoms with Gasteiger partial charge in [0, 0.05) is 12.1 Å². The van der Waals surface area contributed by atoms with Crippen molar-refractivity contribution >= 4 is 0 Å². The Balaban J connectivity index is 2.79. The SMILES string of the molecule is CC(C)(C)[C@H](N)C[C@@H](O)c1cc(F)cc(F)c1. The zero-order valence-corrected chi connectivity index (χ0v) is 10.4. The summed E-state index contributed by atoms with van der Waals surface area (Å²) >= 11 is 0. The molecule has 3 N–H and O–H groups in total. The van der Waals surface area contributed by atoms with Crippen LogP contribution in [0, 0.1) is 17.0 Å². The lowest BCUT2D eigenvalue weighted by atomic mass is 9.83. The molecule has 96 valence electrons. The highest BCUT2D eigenvalue weighted by Gasteiger charge is 2.24. The number of halogens is 2. The number of aliphatic hydroxyl groups is 1.